The maximum Gasteiger partial charge on any atom is 0.426 e. The molecule has 0 saturated carbocycles. The third-order valence-corrected chi connectivity index (χ3v) is 1.44. The van der Waals surface area contributed by atoms with Gasteiger partial charge < -0.3 is 4.74 Å². The van der Waals surface area contributed by atoms with Crippen molar-refractivity contribution in [2.75, 3.05) is 5.33 Å². The predicted octanol–water partition coefficient (Wildman–Crippen LogP) is 1.19. The molecule has 0 fully saturated rings. The summed E-state index contributed by atoms with van der Waals surface area (Å²) in [6.07, 6.45) is -1.17. The van der Waals surface area contributed by atoms with Crippen LogP contribution in [0.3, 0.4) is 0 Å². The number of ether oxygens (including phenoxy) is 1. The van der Waals surface area contributed by atoms with E-state index in [2.05, 4.69) is 20.7 Å². The molecule has 47 valence electrons. The van der Waals surface area contributed by atoms with Gasteiger partial charge in [0.15, 0.2) is 0 Å². The van der Waals surface area contributed by atoms with Crippen LogP contribution in [0.4, 0.5) is 4.79 Å². The minimum atomic E-state index is -0.975. The Morgan fingerprint density at radius 2 is 2.50 bits per heavy atom. The summed E-state index contributed by atoms with van der Waals surface area (Å²) in [5, 5.41) is 0.581. The highest BCUT2D eigenvalue weighted by Crippen LogP contribution is 1.94. The molecule has 1 atom stereocenters. The Kier molecular flexibility index (Phi) is 3.60. The highest BCUT2D eigenvalue weighted by atomic mass is 79.9. The minimum Gasteiger partial charge on any atom is -0.444 e. The Morgan fingerprint density at radius 3 is 2.62 bits per heavy atom. The molecule has 4 heteroatoms. The van der Waals surface area contributed by atoms with Gasteiger partial charge in [-0.15, -0.1) is 0 Å². The van der Waals surface area contributed by atoms with Crippen LogP contribution >= 0.6 is 15.9 Å². The number of nitrogens with one attached hydrogen (secondary N) is 1. The van der Waals surface area contributed by atoms with Crippen molar-refractivity contribution in [2.45, 2.75) is 13.0 Å². The van der Waals surface area contributed by atoms with Gasteiger partial charge in [-0.2, -0.15) is 0 Å². The number of alkyl halides is 1. The largest absolute Gasteiger partial charge is 0.444 e. The maximum absolute atomic E-state index is 9.84. The molecule has 0 aliphatic rings. The van der Waals surface area contributed by atoms with Gasteiger partial charge in [0.25, 0.3) is 0 Å². The summed E-state index contributed by atoms with van der Waals surface area (Å²) in [7, 11) is 0. The van der Waals surface area contributed by atoms with E-state index in [-0.39, 0.29) is 6.10 Å². The molecule has 1 unspecified atom stereocenters. The molecule has 1 radical (unpaired) electrons. The van der Waals surface area contributed by atoms with Gasteiger partial charge in [-0.3, -0.25) is 0 Å². The Hall–Kier alpha value is -0.250. The third kappa shape index (κ3) is 3.92. The van der Waals surface area contributed by atoms with Gasteiger partial charge in [0.2, 0.25) is 0 Å². The fourth-order valence-corrected chi connectivity index (χ4v) is 0.346. The second-order valence-corrected chi connectivity index (χ2v) is 2.02. The van der Waals surface area contributed by atoms with Crippen LogP contribution in [0.5, 0.6) is 0 Å². The maximum atomic E-state index is 9.84. The summed E-state index contributed by atoms with van der Waals surface area (Å²) in [4.78, 5) is 9.84. The molecule has 3 nitrogen and oxygen atoms in total. The second-order valence-electron chi connectivity index (χ2n) is 1.37. The Labute approximate surface area is 56.3 Å². The van der Waals surface area contributed by atoms with Gasteiger partial charge in [-0.1, -0.05) is 15.9 Å². The minimum absolute atomic E-state index is 0.194. The molecule has 0 aliphatic heterocycles. The van der Waals surface area contributed by atoms with Crippen molar-refractivity contribution >= 4 is 22.0 Å². The lowest BCUT2D eigenvalue weighted by Gasteiger charge is -2.04. The quantitative estimate of drug-likeness (QED) is 0.600. The van der Waals surface area contributed by atoms with Gasteiger partial charge >= 0.3 is 6.09 Å². The van der Waals surface area contributed by atoms with E-state index in [1.165, 1.54) is 0 Å². The molecule has 1 amide bonds. The van der Waals surface area contributed by atoms with Crippen LogP contribution in [0.25, 0.3) is 0 Å². The van der Waals surface area contributed by atoms with Crippen LogP contribution < -0.4 is 5.73 Å². The summed E-state index contributed by atoms with van der Waals surface area (Å²) in [5.74, 6) is 0. The first-order chi connectivity index (χ1) is 3.66. The zero-order valence-corrected chi connectivity index (χ0v) is 6.06. The van der Waals surface area contributed by atoms with Crippen LogP contribution in [0.2, 0.25) is 0 Å². The van der Waals surface area contributed by atoms with Crippen LogP contribution in [0, 0.1) is 0 Å². The monoisotopic (exact) mass is 180 g/mol. The first-order valence-electron chi connectivity index (χ1n) is 2.15. The Bertz CT molecular complexity index is 86.1. The number of rotatable bonds is 2. The fourth-order valence-electron chi connectivity index (χ4n) is 0.214. The van der Waals surface area contributed by atoms with Crippen LogP contribution in [-0.2, 0) is 4.74 Å². The van der Waals surface area contributed by atoms with Crippen LogP contribution in [-0.4, -0.2) is 17.5 Å². The number of carbonyl (C=O) groups is 1. The standard InChI is InChI=1S/C4H7BrNO2/c1-3(2-5)8-4(6)7/h3,6H,2H2,1H3. The summed E-state index contributed by atoms with van der Waals surface area (Å²) in [5.41, 5.74) is 6.33. The second kappa shape index (κ2) is 3.72. The van der Waals surface area contributed by atoms with Gasteiger partial charge in [0.1, 0.15) is 6.10 Å². The smallest absolute Gasteiger partial charge is 0.426 e. The van der Waals surface area contributed by atoms with Crippen molar-refractivity contribution in [1.29, 1.82) is 0 Å². The zero-order chi connectivity index (χ0) is 6.57. The molecule has 0 aromatic carbocycles. The summed E-state index contributed by atoms with van der Waals surface area (Å²) >= 11 is 3.08. The normalized spacial score (nSPS) is 12.8. The highest BCUT2D eigenvalue weighted by molar-refractivity contribution is 9.09. The molecule has 0 aliphatic carbocycles. The molecule has 0 heterocycles. The molecule has 0 aromatic rings. The Balaban J connectivity index is 3.24. The average molecular weight is 181 g/mol. The summed E-state index contributed by atoms with van der Waals surface area (Å²) in [6.45, 7) is 1.71. The lowest BCUT2D eigenvalue weighted by molar-refractivity contribution is 0.126. The fraction of sp³-hybridized carbons (Fsp3) is 0.750. The molecule has 0 saturated heterocycles. The summed E-state index contributed by atoms with van der Waals surface area (Å²) in [6, 6.07) is 0. The topological polar surface area (TPSA) is 50.1 Å². The number of carbonyl (C=O) groups excluding carboxylic acids is 1. The third-order valence-electron chi connectivity index (χ3n) is 0.526. The van der Waals surface area contributed by atoms with Crippen molar-refractivity contribution in [3.05, 3.63) is 0 Å². The van der Waals surface area contributed by atoms with Crippen molar-refractivity contribution in [1.82, 2.24) is 5.73 Å². The zero-order valence-electron chi connectivity index (χ0n) is 4.48. The van der Waals surface area contributed by atoms with E-state index in [0.29, 0.717) is 5.33 Å². The molecule has 8 heavy (non-hydrogen) atoms. The van der Waals surface area contributed by atoms with Gasteiger partial charge in [-0.05, 0) is 6.92 Å². The number of hydrogen-bond donors (Lipinski definition) is 0. The molecule has 1 N–H and O–H groups in total. The van der Waals surface area contributed by atoms with Crippen molar-refractivity contribution < 1.29 is 9.53 Å². The van der Waals surface area contributed by atoms with E-state index in [4.69, 9.17) is 5.73 Å². The average Bonchev–Trinajstić information content (AvgIpc) is 1.65. The van der Waals surface area contributed by atoms with Gasteiger partial charge in [0, 0.05) is 5.33 Å². The van der Waals surface area contributed by atoms with E-state index in [1.54, 1.807) is 6.92 Å². The highest BCUT2D eigenvalue weighted by Gasteiger charge is 2.01. The number of amides is 1. The van der Waals surface area contributed by atoms with E-state index < -0.39 is 6.09 Å². The van der Waals surface area contributed by atoms with Crippen LogP contribution in [0.15, 0.2) is 0 Å². The van der Waals surface area contributed by atoms with Crippen LogP contribution in [0.1, 0.15) is 6.92 Å². The van der Waals surface area contributed by atoms with Crippen molar-refractivity contribution in [3.8, 4) is 0 Å². The van der Waals surface area contributed by atoms with E-state index in [1.807, 2.05) is 0 Å². The molecule has 0 aromatic heterocycles. The number of hydrogen-bond acceptors (Lipinski definition) is 2. The summed E-state index contributed by atoms with van der Waals surface area (Å²) < 4.78 is 4.38. The molecule has 0 rings (SSSR count). The van der Waals surface area contributed by atoms with Crippen molar-refractivity contribution in [3.63, 3.8) is 0 Å². The predicted molar refractivity (Wildman–Crippen MR) is 32.8 cm³/mol. The van der Waals surface area contributed by atoms with Crippen molar-refractivity contribution in [2.24, 2.45) is 0 Å². The molecule has 0 bridgehead atoms. The SMILES string of the molecule is CC(CBr)OC([NH])=O. The molecule has 0 spiro atoms. The lowest BCUT2D eigenvalue weighted by Crippen LogP contribution is -2.14. The van der Waals surface area contributed by atoms with Gasteiger partial charge in [0.05, 0.1) is 0 Å². The lowest BCUT2D eigenvalue weighted by atomic mass is 10.5. The molecular formula is C4H7BrNO2. The molecular weight excluding hydrogens is 174 g/mol. The number of halogens is 1. The first-order valence-corrected chi connectivity index (χ1v) is 3.27. The first kappa shape index (κ1) is 7.75. The van der Waals surface area contributed by atoms with E-state index in [9.17, 15) is 4.79 Å². The van der Waals surface area contributed by atoms with E-state index >= 15 is 0 Å². The Morgan fingerprint density at radius 1 is 2.00 bits per heavy atom. The van der Waals surface area contributed by atoms with Gasteiger partial charge in [-0.25, -0.2) is 10.5 Å². The van der Waals surface area contributed by atoms with E-state index in [0.717, 1.165) is 0 Å².